The summed E-state index contributed by atoms with van der Waals surface area (Å²) < 4.78 is 27.4. The van der Waals surface area contributed by atoms with Crippen molar-refractivity contribution < 1.29 is 33.3 Å². The Morgan fingerprint density at radius 1 is 0.795 bits per heavy atom. The Morgan fingerprint density at radius 3 is 2.09 bits per heavy atom. The van der Waals surface area contributed by atoms with E-state index in [9.17, 15) is 9.59 Å². The number of alkyl carbamates (subject to hydrolysis) is 1. The van der Waals surface area contributed by atoms with Crippen molar-refractivity contribution in [2.24, 2.45) is 5.92 Å². The fourth-order valence-electron chi connectivity index (χ4n) is 3.33. The highest BCUT2D eigenvalue weighted by molar-refractivity contribution is 8.76. The molecule has 2 amide bonds. The van der Waals surface area contributed by atoms with Gasteiger partial charge in [0.2, 0.25) is 5.91 Å². The van der Waals surface area contributed by atoms with Gasteiger partial charge in [-0.25, -0.2) is 4.79 Å². The van der Waals surface area contributed by atoms with Gasteiger partial charge in [0, 0.05) is 36.6 Å². The maximum Gasteiger partial charge on any atom is 0.407 e. The highest BCUT2D eigenvalue weighted by Crippen LogP contribution is 2.35. The van der Waals surface area contributed by atoms with Crippen molar-refractivity contribution in [3.05, 3.63) is 29.8 Å². The molecule has 0 fully saturated rings. The zero-order chi connectivity index (χ0) is 32.3. The molecule has 0 saturated carbocycles. The van der Waals surface area contributed by atoms with E-state index in [0.717, 1.165) is 29.8 Å². The van der Waals surface area contributed by atoms with Crippen molar-refractivity contribution in [2.75, 3.05) is 72.5 Å². The number of amides is 2. The number of carbonyl (C=O) groups excluding carboxylic acids is 2. The number of unbranched alkanes of at least 4 members (excludes halogenated alkanes) is 1. The Balaban J connectivity index is 2.00. The molecular weight excluding hydrogens is 603 g/mol. The molecular formula is C32H53N3O7S2. The summed E-state index contributed by atoms with van der Waals surface area (Å²) >= 11 is 0. The number of carbonyl (C=O) groups is 2. The van der Waals surface area contributed by atoms with Crippen LogP contribution in [0.3, 0.4) is 0 Å². The first-order chi connectivity index (χ1) is 21.3. The molecule has 250 valence electrons. The van der Waals surface area contributed by atoms with Crippen molar-refractivity contribution in [3.63, 3.8) is 0 Å². The molecule has 44 heavy (non-hydrogen) atoms. The fraction of sp³-hybridized carbons (Fsp3) is 0.688. The summed E-state index contributed by atoms with van der Waals surface area (Å²) in [5, 5.41) is 8.79. The van der Waals surface area contributed by atoms with Crippen LogP contribution in [0.15, 0.2) is 29.2 Å². The van der Waals surface area contributed by atoms with Crippen LogP contribution < -0.4 is 16.0 Å². The molecule has 0 aliphatic rings. The number of benzene rings is 1. The average Bonchev–Trinajstić information content (AvgIpc) is 2.98. The normalized spacial score (nSPS) is 11.7. The van der Waals surface area contributed by atoms with Gasteiger partial charge >= 0.3 is 6.09 Å². The first-order valence-electron chi connectivity index (χ1n) is 15.4. The highest BCUT2D eigenvalue weighted by atomic mass is 33.1. The van der Waals surface area contributed by atoms with Gasteiger partial charge in [-0.05, 0) is 37.5 Å². The minimum atomic E-state index is -0.443. The van der Waals surface area contributed by atoms with E-state index >= 15 is 0 Å². The lowest BCUT2D eigenvalue weighted by Crippen LogP contribution is -2.29. The van der Waals surface area contributed by atoms with Gasteiger partial charge in [0.1, 0.15) is 5.44 Å². The van der Waals surface area contributed by atoms with E-state index in [-0.39, 0.29) is 17.3 Å². The lowest BCUT2D eigenvalue weighted by molar-refractivity contribution is -0.120. The summed E-state index contributed by atoms with van der Waals surface area (Å²) in [7, 11) is 3.27. The molecule has 0 spiro atoms. The topological polar surface area (TPSA) is 116 Å². The van der Waals surface area contributed by atoms with Gasteiger partial charge in [-0.2, -0.15) is 0 Å². The smallest absolute Gasteiger partial charge is 0.407 e. The van der Waals surface area contributed by atoms with Crippen LogP contribution >= 0.6 is 21.6 Å². The molecule has 0 bridgehead atoms. The minimum absolute atomic E-state index is 0.0131. The van der Waals surface area contributed by atoms with Gasteiger partial charge in [0.15, 0.2) is 0 Å². The van der Waals surface area contributed by atoms with E-state index in [1.165, 1.54) is 0 Å². The maximum atomic E-state index is 12.2. The molecule has 0 aromatic heterocycles. The molecule has 0 unspecified atom stereocenters. The largest absolute Gasteiger partial charge is 0.450 e. The van der Waals surface area contributed by atoms with E-state index in [2.05, 4.69) is 41.6 Å². The Kier molecular flexibility index (Phi) is 24.9. The predicted octanol–water partition coefficient (Wildman–Crippen LogP) is 4.66. The number of hydrogen-bond donors (Lipinski definition) is 3. The Morgan fingerprint density at radius 2 is 1.43 bits per heavy atom. The Bertz CT molecular complexity index is 940. The molecule has 0 aliphatic carbocycles. The molecule has 0 saturated heterocycles. The van der Waals surface area contributed by atoms with Gasteiger partial charge in [0.05, 0.1) is 59.2 Å². The lowest BCUT2D eigenvalue weighted by atomic mass is 10.1. The SMILES string of the molecule is CC(C)C#CCNC(=O)OCCCCO[C@@H](C)SSc1ccc(CC(=O)NCCOCCOCCOCCNC(C)C)cc1. The predicted molar refractivity (Wildman–Crippen MR) is 179 cm³/mol. The third kappa shape index (κ3) is 25.4. The molecule has 1 rings (SSSR count). The molecule has 12 heteroatoms. The monoisotopic (exact) mass is 655 g/mol. The molecule has 1 aromatic carbocycles. The van der Waals surface area contributed by atoms with E-state index in [4.69, 9.17) is 23.7 Å². The zero-order valence-corrected chi connectivity index (χ0v) is 28.7. The molecule has 3 N–H and O–H groups in total. The number of ether oxygens (including phenoxy) is 5. The Labute approximate surface area is 272 Å². The molecule has 0 heterocycles. The van der Waals surface area contributed by atoms with Crippen molar-refractivity contribution in [1.82, 2.24) is 16.0 Å². The summed E-state index contributed by atoms with van der Waals surface area (Å²) in [6, 6.07) is 8.44. The van der Waals surface area contributed by atoms with Crippen LogP contribution in [0, 0.1) is 17.8 Å². The van der Waals surface area contributed by atoms with Gasteiger partial charge in [-0.15, -0.1) is 0 Å². The summed E-state index contributed by atoms with van der Waals surface area (Å²) in [6.45, 7) is 16.0. The van der Waals surface area contributed by atoms with Crippen LogP contribution in [-0.4, -0.2) is 96.0 Å². The summed E-state index contributed by atoms with van der Waals surface area (Å²) in [5.41, 5.74) is 0.969. The van der Waals surface area contributed by atoms with Gasteiger partial charge in [-0.1, -0.05) is 73.3 Å². The molecule has 1 aromatic rings. The highest BCUT2D eigenvalue weighted by Gasteiger charge is 2.07. The number of rotatable bonds is 25. The van der Waals surface area contributed by atoms with Crippen LogP contribution in [0.1, 0.15) is 53.0 Å². The molecule has 10 nitrogen and oxygen atoms in total. The second-order valence-corrected chi connectivity index (χ2v) is 13.0. The second-order valence-electron chi connectivity index (χ2n) is 10.4. The van der Waals surface area contributed by atoms with E-state index in [0.29, 0.717) is 78.4 Å². The minimum Gasteiger partial charge on any atom is -0.450 e. The van der Waals surface area contributed by atoms with E-state index in [1.807, 2.05) is 45.0 Å². The number of hydrogen-bond acceptors (Lipinski definition) is 10. The molecule has 0 radical (unpaired) electrons. The second kappa shape index (κ2) is 27.3. The average molecular weight is 656 g/mol. The summed E-state index contributed by atoms with van der Waals surface area (Å²) in [5.74, 6) is 6.11. The third-order valence-corrected chi connectivity index (χ3v) is 8.16. The molecule has 1 atom stereocenters. The van der Waals surface area contributed by atoms with Gasteiger partial charge in [0.25, 0.3) is 0 Å². The van der Waals surface area contributed by atoms with E-state index < -0.39 is 6.09 Å². The first kappa shape index (κ1) is 40.0. The van der Waals surface area contributed by atoms with Crippen molar-refractivity contribution in [3.8, 4) is 11.8 Å². The first-order valence-corrected chi connectivity index (χ1v) is 17.6. The zero-order valence-electron chi connectivity index (χ0n) is 27.1. The lowest BCUT2D eigenvalue weighted by Gasteiger charge is -2.12. The fourth-order valence-corrected chi connectivity index (χ4v) is 5.21. The van der Waals surface area contributed by atoms with Gasteiger partial charge < -0.3 is 39.6 Å². The van der Waals surface area contributed by atoms with E-state index in [1.54, 1.807) is 21.6 Å². The van der Waals surface area contributed by atoms with Crippen molar-refractivity contribution >= 4 is 33.6 Å². The van der Waals surface area contributed by atoms with Crippen LogP contribution in [0.4, 0.5) is 4.79 Å². The summed E-state index contributed by atoms with van der Waals surface area (Å²) in [4.78, 5) is 24.9. The number of nitrogens with one attached hydrogen (secondary N) is 3. The van der Waals surface area contributed by atoms with Crippen LogP contribution in [-0.2, 0) is 34.9 Å². The Hall–Kier alpha value is -1.98. The van der Waals surface area contributed by atoms with Gasteiger partial charge in [-0.3, -0.25) is 4.79 Å². The van der Waals surface area contributed by atoms with Crippen molar-refractivity contribution in [2.45, 2.75) is 70.3 Å². The van der Waals surface area contributed by atoms with Crippen LogP contribution in [0.2, 0.25) is 0 Å². The third-order valence-electron chi connectivity index (χ3n) is 5.52. The molecule has 0 aliphatic heterocycles. The van der Waals surface area contributed by atoms with Crippen molar-refractivity contribution in [1.29, 1.82) is 0 Å². The van der Waals surface area contributed by atoms with Crippen LogP contribution in [0.5, 0.6) is 0 Å². The van der Waals surface area contributed by atoms with Crippen LogP contribution in [0.25, 0.3) is 0 Å². The quantitative estimate of drug-likeness (QED) is 0.0595. The maximum absolute atomic E-state index is 12.2. The summed E-state index contributed by atoms with van der Waals surface area (Å²) in [6.07, 6.45) is 1.42. The standard InChI is InChI=1S/C32H53N3O7S2/c1-26(2)9-8-14-35-32(37)42-18-7-6-17-41-28(5)43-44-30-12-10-29(11-13-30)25-31(36)34-16-20-39-22-24-40-23-21-38-19-15-33-27(3)4/h10-13,26-28,33H,6-7,14-25H2,1-5H3,(H,34,36)(H,35,37)/t28-/m1/s1.